The number of rotatable bonds is 1. The van der Waals surface area contributed by atoms with Crippen molar-refractivity contribution in [1.29, 1.82) is 5.26 Å². The average Bonchev–Trinajstić information content (AvgIpc) is 2.59. The molecular weight excluding hydrogens is 282 g/mol. The standard InChI is InChI=1S/C10H5BrClNS/c11-7-1-6(5-13)9-3-8(4-12)14-10(9)2-7/h1-3H,4H2. The van der Waals surface area contributed by atoms with Crippen molar-refractivity contribution in [2.75, 3.05) is 0 Å². The van der Waals surface area contributed by atoms with Crippen molar-refractivity contribution in [2.24, 2.45) is 0 Å². The number of hydrogen-bond acceptors (Lipinski definition) is 2. The van der Waals surface area contributed by atoms with Crippen LogP contribution in [0.2, 0.25) is 0 Å². The van der Waals surface area contributed by atoms with Crippen LogP contribution in [-0.2, 0) is 5.88 Å². The maximum Gasteiger partial charge on any atom is 0.0998 e. The summed E-state index contributed by atoms with van der Waals surface area (Å²) in [6, 6.07) is 8.00. The van der Waals surface area contributed by atoms with Gasteiger partial charge >= 0.3 is 0 Å². The van der Waals surface area contributed by atoms with Crippen LogP contribution >= 0.6 is 38.9 Å². The number of benzene rings is 1. The molecule has 0 unspecified atom stereocenters. The normalized spacial score (nSPS) is 10.4. The fraction of sp³-hybridized carbons (Fsp3) is 0.100. The summed E-state index contributed by atoms with van der Waals surface area (Å²) in [5, 5.41) is 9.94. The van der Waals surface area contributed by atoms with Gasteiger partial charge in [-0.15, -0.1) is 22.9 Å². The Morgan fingerprint density at radius 3 is 2.86 bits per heavy atom. The lowest BCUT2D eigenvalue weighted by molar-refractivity contribution is 1.50. The number of halogens is 2. The monoisotopic (exact) mass is 285 g/mol. The quantitative estimate of drug-likeness (QED) is 0.718. The number of fused-ring (bicyclic) bond motifs is 1. The first-order chi connectivity index (χ1) is 6.74. The van der Waals surface area contributed by atoms with Crippen molar-refractivity contribution in [3.8, 4) is 6.07 Å². The van der Waals surface area contributed by atoms with E-state index in [9.17, 15) is 0 Å². The van der Waals surface area contributed by atoms with Crippen molar-refractivity contribution in [1.82, 2.24) is 0 Å². The van der Waals surface area contributed by atoms with E-state index in [-0.39, 0.29) is 0 Å². The van der Waals surface area contributed by atoms with E-state index in [1.807, 2.05) is 18.2 Å². The summed E-state index contributed by atoms with van der Waals surface area (Å²) in [5.74, 6) is 0.502. The third kappa shape index (κ3) is 1.66. The highest BCUT2D eigenvalue weighted by atomic mass is 79.9. The lowest BCUT2D eigenvalue weighted by Gasteiger charge is -1.93. The van der Waals surface area contributed by atoms with Crippen molar-refractivity contribution >= 4 is 49.0 Å². The topological polar surface area (TPSA) is 23.8 Å². The zero-order valence-corrected chi connectivity index (χ0v) is 10.2. The zero-order valence-electron chi connectivity index (χ0n) is 7.05. The van der Waals surface area contributed by atoms with Crippen LogP contribution in [0.1, 0.15) is 10.4 Å². The Bertz CT molecular complexity index is 527. The van der Waals surface area contributed by atoms with Gasteiger partial charge in [-0.25, -0.2) is 0 Å². The summed E-state index contributed by atoms with van der Waals surface area (Å²) in [5.41, 5.74) is 0.696. The van der Waals surface area contributed by atoms with Crippen LogP contribution < -0.4 is 0 Å². The Labute approximate surface area is 99.0 Å². The van der Waals surface area contributed by atoms with Crippen LogP contribution in [0, 0.1) is 11.3 Å². The SMILES string of the molecule is N#Cc1cc(Br)cc2sc(CCl)cc12. The molecule has 0 amide bonds. The predicted molar refractivity (Wildman–Crippen MR) is 63.8 cm³/mol. The van der Waals surface area contributed by atoms with Crippen LogP contribution in [0.25, 0.3) is 10.1 Å². The Balaban J connectivity index is 2.79. The van der Waals surface area contributed by atoms with Crippen molar-refractivity contribution in [2.45, 2.75) is 5.88 Å². The molecule has 1 aromatic carbocycles. The number of alkyl halides is 1. The second-order valence-electron chi connectivity index (χ2n) is 2.82. The minimum Gasteiger partial charge on any atom is -0.192 e. The van der Waals surface area contributed by atoms with E-state index in [1.54, 1.807) is 11.3 Å². The Hall–Kier alpha value is -0.560. The van der Waals surface area contributed by atoms with Gasteiger partial charge in [-0.1, -0.05) is 15.9 Å². The summed E-state index contributed by atoms with van der Waals surface area (Å²) in [4.78, 5) is 1.09. The van der Waals surface area contributed by atoms with Crippen LogP contribution in [0.4, 0.5) is 0 Å². The largest absolute Gasteiger partial charge is 0.192 e. The molecule has 0 aliphatic carbocycles. The summed E-state index contributed by atoms with van der Waals surface area (Å²) in [7, 11) is 0. The number of thiophene rings is 1. The smallest absolute Gasteiger partial charge is 0.0998 e. The third-order valence-electron chi connectivity index (χ3n) is 1.91. The predicted octanol–water partition coefficient (Wildman–Crippen LogP) is 4.27. The summed E-state index contributed by atoms with van der Waals surface area (Å²) in [6.45, 7) is 0. The van der Waals surface area contributed by atoms with Gasteiger partial charge in [0, 0.05) is 19.4 Å². The number of nitrogens with zero attached hydrogens (tertiary/aromatic N) is 1. The van der Waals surface area contributed by atoms with Gasteiger partial charge in [-0.3, -0.25) is 0 Å². The summed E-state index contributed by atoms with van der Waals surface area (Å²) >= 11 is 10.8. The van der Waals surface area contributed by atoms with E-state index in [4.69, 9.17) is 16.9 Å². The van der Waals surface area contributed by atoms with Crippen LogP contribution in [0.5, 0.6) is 0 Å². The molecule has 0 atom stereocenters. The molecule has 4 heteroatoms. The zero-order chi connectivity index (χ0) is 10.1. The van der Waals surface area contributed by atoms with E-state index in [2.05, 4.69) is 22.0 Å². The van der Waals surface area contributed by atoms with Crippen molar-refractivity contribution in [3.63, 3.8) is 0 Å². The Morgan fingerprint density at radius 1 is 1.43 bits per heavy atom. The van der Waals surface area contributed by atoms with E-state index >= 15 is 0 Å². The minimum atomic E-state index is 0.502. The van der Waals surface area contributed by atoms with Gasteiger partial charge in [-0.05, 0) is 18.2 Å². The average molecular weight is 287 g/mol. The van der Waals surface area contributed by atoms with Gasteiger partial charge in [0.1, 0.15) is 0 Å². The van der Waals surface area contributed by atoms with Gasteiger partial charge in [0.25, 0.3) is 0 Å². The maximum atomic E-state index is 8.94. The molecule has 0 aliphatic heterocycles. The molecule has 70 valence electrons. The maximum absolute atomic E-state index is 8.94. The second kappa shape index (κ2) is 3.90. The highest BCUT2D eigenvalue weighted by Gasteiger charge is 2.06. The number of hydrogen-bond donors (Lipinski definition) is 0. The molecule has 0 N–H and O–H groups in total. The fourth-order valence-electron chi connectivity index (χ4n) is 1.32. The first-order valence-electron chi connectivity index (χ1n) is 3.92. The third-order valence-corrected chi connectivity index (χ3v) is 3.89. The summed E-state index contributed by atoms with van der Waals surface area (Å²) < 4.78 is 2.04. The molecule has 0 saturated carbocycles. The Kier molecular flexibility index (Phi) is 2.78. The molecular formula is C10H5BrClNS. The molecule has 0 fully saturated rings. The highest BCUT2D eigenvalue weighted by molar-refractivity contribution is 9.10. The molecule has 1 aromatic heterocycles. The molecule has 0 radical (unpaired) electrons. The van der Waals surface area contributed by atoms with E-state index in [0.29, 0.717) is 11.4 Å². The fourth-order valence-corrected chi connectivity index (χ4v) is 3.15. The Morgan fingerprint density at radius 2 is 2.21 bits per heavy atom. The first-order valence-corrected chi connectivity index (χ1v) is 6.07. The molecule has 14 heavy (non-hydrogen) atoms. The molecule has 0 aliphatic rings. The minimum absolute atomic E-state index is 0.502. The second-order valence-corrected chi connectivity index (χ2v) is 5.17. The van der Waals surface area contributed by atoms with Gasteiger partial charge in [0.2, 0.25) is 0 Å². The molecule has 2 aromatic rings. The molecule has 0 bridgehead atoms. The molecule has 0 saturated heterocycles. The highest BCUT2D eigenvalue weighted by Crippen LogP contribution is 2.31. The van der Waals surface area contributed by atoms with Crippen LogP contribution in [0.3, 0.4) is 0 Å². The molecule has 2 rings (SSSR count). The van der Waals surface area contributed by atoms with E-state index in [0.717, 1.165) is 19.4 Å². The first kappa shape index (κ1) is 9.97. The molecule has 0 spiro atoms. The number of nitriles is 1. The molecule has 1 nitrogen and oxygen atoms in total. The van der Waals surface area contributed by atoms with Gasteiger partial charge < -0.3 is 0 Å². The van der Waals surface area contributed by atoms with Crippen LogP contribution in [0.15, 0.2) is 22.7 Å². The van der Waals surface area contributed by atoms with Crippen molar-refractivity contribution in [3.05, 3.63) is 33.1 Å². The van der Waals surface area contributed by atoms with Crippen molar-refractivity contribution < 1.29 is 0 Å². The van der Waals surface area contributed by atoms with E-state index < -0.39 is 0 Å². The lowest BCUT2D eigenvalue weighted by Crippen LogP contribution is -1.75. The van der Waals surface area contributed by atoms with Gasteiger partial charge in [0.15, 0.2) is 0 Å². The van der Waals surface area contributed by atoms with Crippen LogP contribution in [-0.4, -0.2) is 0 Å². The lowest BCUT2D eigenvalue weighted by atomic mass is 10.1. The van der Waals surface area contributed by atoms with E-state index in [1.165, 1.54) is 0 Å². The summed E-state index contributed by atoms with van der Waals surface area (Å²) in [6.07, 6.45) is 0. The van der Waals surface area contributed by atoms with Gasteiger partial charge in [0.05, 0.1) is 17.5 Å². The van der Waals surface area contributed by atoms with Gasteiger partial charge in [-0.2, -0.15) is 5.26 Å². The molecule has 1 heterocycles.